The monoisotopic (exact) mass is 1870 g/mol. The van der Waals surface area contributed by atoms with Gasteiger partial charge in [-0.3, -0.25) is 19.4 Å². The summed E-state index contributed by atoms with van der Waals surface area (Å²) >= 11 is 6.02. The zero-order valence-electron chi connectivity index (χ0n) is 69.7. The molecule has 124 heavy (non-hydrogen) atoms. The van der Waals surface area contributed by atoms with Gasteiger partial charge in [-0.05, 0) is 228 Å². The van der Waals surface area contributed by atoms with Crippen LogP contribution in [0.25, 0.3) is 0 Å². The van der Waals surface area contributed by atoms with Gasteiger partial charge in [0.05, 0.1) is 63.1 Å². The maximum Gasteiger partial charge on any atom is 0.519 e. The summed E-state index contributed by atoms with van der Waals surface area (Å²) in [7, 11) is 6.58. The van der Waals surface area contributed by atoms with Gasteiger partial charge in [-0.25, -0.2) is 91.0 Å². The van der Waals surface area contributed by atoms with Crippen molar-refractivity contribution in [1.29, 1.82) is 0 Å². The highest BCUT2D eigenvalue weighted by atomic mass is 79.9. The Balaban J connectivity index is 0.000000312. The van der Waals surface area contributed by atoms with Crippen LogP contribution in [0.5, 0.6) is 29.4 Å². The summed E-state index contributed by atoms with van der Waals surface area (Å²) in [5.41, 5.74) is 3.95. The molecule has 666 valence electrons. The molecular formula is C81H87Br2F10N15O16. The highest BCUT2D eigenvalue weighted by Gasteiger charge is 2.29. The Labute approximate surface area is 722 Å². The van der Waals surface area contributed by atoms with Crippen LogP contribution in [0.1, 0.15) is 126 Å². The summed E-state index contributed by atoms with van der Waals surface area (Å²) in [6, 6.07) is 23.2. The Morgan fingerprint density at radius 3 is 1.08 bits per heavy atom. The van der Waals surface area contributed by atoms with Crippen molar-refractivity contribution in [1.82, 2.24) is 49.8 Å². The molecule has 31 nitrogen and oxygen atoms in total. The predicted octanol–water partition coefficient (Wildman–Crippen LogP) is 18.2. The molecule has 2 amide bonds. The third kappa shape index (κ3) is 37.8. The Kier molecular flexibility index (Phi) is 40.8. The van der Waals surface area contributed by atoms with E-state index in [0.717, 1.165) is 21.9 Å². The second-order valence-corrected chi connectivity index (χ2v) is 30.1. The van der Waals surface area contributed by atoms with Crippen LogP contribution in [0, 0.1) is 58.8 Å². The zero-order valence-corrected chi connectivity index (χ0v) is 72.9. The lowest BCUT2D eigenvalue weighted by atomic mass is 10.2. The Hall–Kier alpha value is -13.2. The number of carbonyl (C=O) groups is 6. The number of methoxy groups -OCH3 is 5. The van der Waals surface area contributed by atoms with Gasteiger partial charge in [0.25, 0.3) is 0 Å². The Morgan fingerprint density at radius 2 is 0.750 bits per heavy atom. The lowest BCUT2D eigenvalue weighted by Gasteiger charge is -2.27. The van der Waals surface area contributed by atoms with Crippen molar-refractivity contribution >= 4 is 98.0 Å². The number of hydrogen-bond donors (Lipinski definition) is 3. The molecule has 0 aliphatic rings. The normalized spacial score (nSPS) is 10.7. The third-order valence-electron chi connectivity index (χ3n) is 13.8. The first kappa shape index (κ1) is 103. The van der Waals surface area contributed by atoms with Crippen molar-refractivity contribution in [3.63, 3.8) is 0 Å². The maximum atomic E-state index is 13.9. The van der Waals surface area contributed by atoms with E-state index in [4.69, 9.17) is 43.6 Å². The fourth-order valence-corrected chi connectivity index (χ4v) is 9.07. The molecule has 0 aliphatic heterocycles. The summed E-state index contributed by atoms with van der Waals surface area (Å²) in [6.07, 6.45) is 4.03. The molecule has 0 saturated heterocycles. The Morgan fingerprint density at radius 1 is 0.403 bits per heavy atom. The van der Waals surface area contributed by atoms with Gasteiger partial charge in [0.15, 0.2) is 41.7 Å². The predicted molar refractivity (Wildman–Crippen MR) is 438 cm³/mol. The van der Waals surface area contributed by atoms with Crippen molar-refractivity contribution < 1.29 is 120 Å². The molecular weight excluding hydrogens is 1790 g/mol. The van der Waals surface area contributed by atoms with Gasteiger partial charge in [0.1, 0.15) is 51.5 Å². The number of nitrogen functional groups attached to an aromatic ring is 1. The quantitative estimate of drug-likeness (QED) is 0.0169. The SMILES string of the molecule is CC(C)(C)OC(=O)OC(=O)OC(C)(C)C.COc1ncc(C=O)cc1F.COc1ncc(CN(C(=O)OC(C)(C)C)c2ccc(Br)c(F)n2)cc1F.COc1ncc(CN(C(=O)OC(C)(C)C)c2ccc(C=O)c(F)n2)cc1F.COc1ncc(CNc2ccc(Br)c(F)n2)cc1F.COc1ncc(CNc2cccc(F)n2)cc1F.Nc1cccc(F)n1. The van der Waals surface area contributed by atoms with Crippen LogP contribution < -0.4 is 49.9 Å². The van der Waals surface area contributed by atoms with E-state index in [2.05, 4.69) is 102 Å². The maximum absolute atomic E-state index is 13.9. The smallest absolute Gasteiger partial charge is 0.479 e. The molecule has 0 spiro atoms. The third-order valence-corrected chi connectivity index (χ3v) is 15.0. The van der Waals surface area contributed by atoms with Crippen LogP contribution in [-0.2, 0) is 49.9 Å². The highest BCUT2D eigenvalue weighted by molar-refractivity contribution is 9.10. The van der Waals surface area contributed by atoms with E-state index >= 15 is 0 Å². The number of pyridine rings is 10. The topological polar surface area (TPSA) is 380 Å². The molecule has 4 N–H and O–H groups in total. The number of rotatable bonds is 19. The first-order valence-corrected chi connectivity index (χ1v) is 37.5. The van der Waals surface area contributed by atoms with E-state index in [9.17, 15) is 72.7 Å². The lowest BCUT2D eigenvalue weighted by molar-refractivity contribution is -0.0295. The van der Waals surface area contributed by atoms with Crippen molar-refractivity contribution in [3.8, 4) is 29.4 Å². The summed E-state index contributed by atoms with van der Waals surface area (Å²) in [6.45, 7) is 20.4. The molecule has 0 aliphatic carbocycles. The van der Waals surface area contributed by atoms with E-state index < -0.39 is 106 Å². The number of nitrogens with zero attached hydrogens (tertiary/aromatic N) is 12. The largest absolute Gasteiger partial charge is 0.519 e. The number of nitrogens with one attached hydrogen (secondary N) is 2. The second-order valence-electron chi connectivity index (χ2n) is 28.4. The summed E-state index contributed by atoms with van der Waals surface area (Å²) in [5.74, 6) is -6.31. The first-order chi connectivity index (χ1) is 58.1. The van der Waals surface area contributed by atoms with Gasteiger partial charge in [-0.15, -0.1) is 0 Å². The van der Waals surface area contributed by atoms with Gasteiger partial charge in [0, 0.05) is 49.6 Å². The Bertz CT molecular complexity index is 5190. The number of hydrogen-bond acceptors (Lipinski definition) is 29. The minimum atomic E-state index is -1.06. The van der Waals surface area contributed by atoms with E-state index in [1.807, 2.05) is 0 Å². The number of nitrogens with two attached hydrogens (primary N) is 1. The standard InChI is InChI=1S/C18H19F2N3O4.C17H18BrF2N3O3.C12H10BrF2N3O.C12H11F2N3O.C10H18O5.C7H6FNO2.C5H5FN2/c1-18(2,3)27-17(25)23(14-6-5-12(10-24)15(20)22-14)9-11-7-13(19)16(26-4)21-8-11;1-17(2,3)26-16(24)23(13-6-5-11(18)14(20)22-13)9-10-7-12(19)15(25-4)21-8-10;1-19-12-9(14)4-7(6-17-12)5-16-10-3-2-8(13)11(15)18-10;1-18-12-9(13)5-8(7-16-12)6-15-11-4-2-3-10(14)17-11;1-9(2,3)14-7(11)13-8(12)15-10(4,5)6;1-11-7-6(8)2-5(4-10)3-9-7;6-4-2-1-3-5(7)8-4/h5-8,10H,9H2,1-4H3;5-8H,9H2,1-4H3;2-4,6H,5H2,1H3,(H,16,18);2-5,7H,6H2,1H3,(H,15,17);1-6H3;2-4H,1H3;1-3H,(H2,7,8). The molecule has 10 aromatic rings. The number of ether oxygens (including phenoxy) is 10. The number of carbonyl (C=O) groups excluding carboxylic acids is 6. The second kappa shape index (κ2) is 49.0. The number of aldehydes is 2. The van der Waals surface area contributed by atoms with Crippen LogP contribution >= 0.6 is 31.9 Å². The summed E-state index contributed by atoms with van der Waals surface area (Å²) < 4.78 is 181. The van der Waals surface area contributed by atoms with Gasteiger partial charge < -0.3 is 63.7 Å². The molecule has 0 saturated carbocycles. The number of aromatic nitrogens is 10. The van der Waals surface area contributed by atoms with Crippen LogP contribution in [0.2, 0.25) is 0 Å². The number of halogens is 12. The van der Waals surface area contributed by atoms with Gasteiger partial charge >= 0.3 is 24.5 Å². The number of anilines is 5. The molecule has 0 aromatic carbocycles. The molecule has 0 fully saturated rings. The van der Waals surface area contributed by atoms with Crippen LogP contribution in [0.3, 0.4) is 0 Å². The fourth-order valence-electron chi connectivity index (χ4n) is 8.63. The van der Waals surface area contributed by atoms with Gasteiger partial charge in [-0.1, -0.05) is 12.1 Å². The fraction of sp³-hybridized carbons (Fsp3) is 0.309. The first-order valence-electron chi connectivity index (χ1n) is 35.9. The van der Waals surface area contributed by atoms with E-state index in [1.165, 1.54) is 145 Å². The van der Waals surface area contributed by atoms with E-state index in [-0.39, 0.29) is 86.6 Å². The molecule has 0 atom stereocenters. The van der Waals surface area contributed by atoms with Gasteiger partial charge in [0.2, 0.25) is 59.1 Å². The zero-order chi connectivity index (χ0) is 93.0. The van der Waals surface area contributed by atoms with E-state index in [1.54, 1.807) is 95.2 Å². The van der Waals surface area contributed by atoms with E-state index in [0.29, 0.717) is 53.0 Å². The van der Waals surface area contributed by atoms with Crippen molar-refractivity contribution in [3.05, 3.63) is 235 Å². The minimum Gasteiger partial charge on any atom is -0.479 e. The van der Waals surface area contributed by atoms with Crippen molar-refractivity contribution in [2.75, 3.05) is 61.7 Å². The lowest BCUT2D eigenvalue weighted by Crippen LogP contribution is -2.37. The molecule has 10 rings (SSSR count). The highest BCUT2D eigenvalue weighted by Crippen LogP contribution is 2.28. The van der Waals surface area contributed by atoms with Crippen molar-refractivity contribution in [2.24, 2.45) is 0 Å². The molecule has 0 unspecified atom stereocenters. The molecule has 10 heterocycles. The minimum absolute atomic E-state index is 0.0242. The average molecular weight is 1880 g/mol. The van der Waals surface area contributed by atoms with Crippen LogP contribution in [-0.4, -0.2) is 145 Å². The van der Waals surface area contributed by atoms with Gasteiger partial charge in [-0.2, -0.15) is 22.0 Å². The van der Waals surface area contributed by atoms with Crippen LogP contribution in [0.15, 0.2) is 143 Å². The summed E-state index contributed by atoms with van der Waals surface area (Å²) in [4.78, 5) is 107. The molecule has 0 bridgehead atoms. The summed E-state index contributed by atoms with van der Waals surface area (Å²) in [5, 5.41) is 5.74. The van der Waals surface area contributed by atoms with Crippen molar-refractivity contribution in [2.45, 2.75) is 132 Å². The van der Waals surface area contributed by atoms with Crippen LogP contribution in [0.4, 0.5) is 92.2 Å². The molecule has 43 heteroatoms. The molecule has 10 aromatic heterocycles. The number of amides is 2. The molecule has 0 radical (unpaired) electrons. The average Bonchev–Trinajstić information content (AvgIpc) is 0.820.